The molecule has 0 bridgehead atoms. The second kappa shape index (κ2) is 4.13. The van der Waals surface area contributed by atoms with E-state index in [1.54, 1.807) is 18.2 Å². The first kappa shape index (κ1) is 11.3. The number of H-pyrrole nitrogens is 2. The van der Waals surface area contributed by atoms with Gasteiger partial charge in [0.1, 0.15) is 0 Å². The maximum absolute atomic E-state index is 11.3. The third-order valence-electron chi connectivity index (χ3n) is 2.97. The molecule has 0 saturated carbocycles. The Bertz CT molecular complexity index is 830. The van der Waals surface area contributed by atoms with Gasteiger partial charge in [0, 0.05) is 5.56 Å². The minimum atomic E-state index is -0.975. The van der Waals surface area contributed by atoms with Crippen LogP contribution in [-0.2, 0) is 0 Å². The van der Waals surface area contributed by atoms with Gasteiger partial charge in [-0.3, -0.25) is 0 Å². The van der Waals surface area contributed by atoms with Crippen molar-refractivity contribution in [3.8, 4) is 11.1 Å². The first-order valence-corrected chi connectivity index (χ1v) is 5.70. The lowest BCUT2D eigenvalue weighted by Crippen LogP contribution is -1.99. The van der Waals surface area contributed by atoms with Gasteiger partial charge in [-0.25, -0.2) is 9.59 Å². The normalized spacial score (nSPS) is 10.7. The molecule has 0 aliphatic heterocycles. The van der Waals surface area contributed by atoms with Crippen LogP contribution in [0, 0.1) is 0 Å². The molecule has 1 heterocycles. The average Bonchev–Trinajstić information content (AvgIpc) is 2.78. The zero-order chi connectivity index (χ0) is 13.4. The number of rotatable bonds is 2. The first-order chi connectivity index (χ1) is 9.15. The zero-order valence-electron chi connectivity index (χ0n) is 9.81. The molecule has 1 aromatic heterocycles. The lowest BCUT2D eigenvalue weighted by molar-refractivity contribution is 0.0697. The Kier molecular flexibility index (Phi) is 2.45. The van der Waals surface area contributed by atoms with E-state index in [2.05, 4.69) is 9.97 Å². The van der Waals surface area contributed by atoms with Crippen molar-refractivity contribution in [2.24, 2.45) is 0 Å². The number of aromatic carboxylic acids is 1. The number of aromatic nitrogens is 2. The molecule has 0 atom stereocenters. The van der Waals surface area contributed by atoms with Gasteiger partial charge in [-0.15, -0.1) is 0 Å². The molecular formula is C14H10N2O3. The number of carboxylic acids is 1. The van der Waals surface area contributed by atoms with Gasteiger partial charge in [-0.1, -0.05) is 24.3 Å². The SMILES string of the molecule is O=C(O)c1cccc(-c2cccc3[nH]c(=O)[nH]c23)c1. The molecule has 0 fully saturated rings. The van der Waals surface area contributed by atoms with Gasteiger partial charge >= 0.3 is 11.7 Å². The Morgan fingerprint density at radius 1 is 1.05 bits per heavy atom. The standard InChI is InChI=1S/C14H10N2O3/c17-13(18)9-4-1-3-8(7-9)10-5-2-6-11-12(10)16-14(19)15-11/h1-7H,(H,17,18)(H2,15,16,19). The van der Waals surface area contributed by atoms with Crippen LogP contribution in [0.3, 0.4) is 0 Å². The Hall–Kier alpha value is -2.82. The lowest BCUT2D eigenvalue weighted by Gasteiger charge is -2.04. The molecule has 3 N–H and O–H groups in total. The summed E-state index contributed by atoms with van der Waals surface area (Å²) in [5, 5.41) is 9.01. The van der Waals surface area contributed by atoms with E-state index in [-0.39, 0.29) is 11.3 Å². The van der Waals surface area contributed by atoms with Crippen LogP contribution in [0.5, 0.6) is 0 Å². The van der Waals surface area contributed by atoms with Crippen molar-refractivity contribution < 1.29 is 9.90 Å². The summed E-state index contributed by atoms with van der Waals surface area (Å²) in [4.78, 5) is 27.7. The number of hydrogen-bond donors (Lipinski definition) is 3. The van der Waals surface area contributed by atoms with Crippen molar-refractivity contribution in [2.75, 3.05) is 0 Å². The van der Waals surface area contributed by atoms with Crippen LogP contribution >= 0.6 is 0 Å². The van der Waals surface area contributed by atoms with E-state index in [4.69, 9.17) is 5.11 Å². The maximum Gasteiger partial charge on any atom is 0.335 e. The molecule has 0 unspecified atom stereocenters. The van der Waals surface area contributed by atoms with Gasteiger partial charge in [0.15, 0.2) is 0 Å². The monoisotopic (exact) mass is 254 g/mol. The fourth-order valence-electron chi connectivity index (χ4n) is 2.12. The highest BCUT2D eigenvalue weighted by Gasteiger charge is 2.09. The van der Waals surface area contributed by atoms with Gasteiger partial charge in [0.2, 0.25) is 0 Å². The summed E-state index contributed by atoms with van der Waals surface area (Å²) in [6.45, 7) is 0. The summed E-state index contributed by atoms with van der Waals surface area (Å²) in [7, 11) is 0. The predicted molar refractivity (Wildman–Crippen MR) is 71.3 cm³/mol. The number of carbonyl (C=O) groups is 1. The summed E-state index contributed by atoms with van der Waals surface area (Å²) in [5.41, 5.74) is 2.85. The van der Waals surface area contributed by atoms with E-state index in [9.17, 15) is 9.59 Å². The van der Waals surface area contributed by atoms with Crippen molar-refractivity contribution in [1.29, 1.82) is 0 Å². The van der Waals surface area contributed by atoms with Gasteiger partial charge in [0.25, 0.3) is 0 Å². The highest BCUT2D eigenvalue weighted by Crippen LogP contribution is 2.26. The maximum atomic E-state index is 11.3. The highest BCUT2D eigenvalue weighted by atomic mass is 16.4. The Morgan fingerprint density at radius 3 is 2.63 bits per heavy atom. The molecule has 3 rings (SSSR count). The fraction of sp³-hybridized carbons (Fsp3) is 0. The minimum absolute atomic E-state index is 0.215. The number of para-hydroxylation sites is 1. The molecule has 0 spiro atoms. The zero-order valence-corrected chi connectivity index (χ0v) is 9.81. The van der Waals surface area contributed by atoms with E-state index >= 15 is 0 Å². The lowest BCUT2D eigenvalue weighted by atomic mass is 10.0. The molecule has 5 nitrogen and oxygen atoms in total. The topological polar surface area (TPSA) is 85.9 Å². The van der Waals surface area contributed by atoms with Crippen LogP contribution in [0.15, 0.2) is 47.3 Å². The van der Waals surface area contributed by atoms with E-state index in [0.717, 1.165) is 11.1 Å². The van der Waals surface area contributed by atoms with Crippen molar-refractivity contribution >= 4 is 17.0 Å². The van der Waals surface area contributed by atoms with E-state index in [0.29, 0.717) is 11.0 Å². The van der Waals surface area contributed by atoms with Crippen molar-refractivity contribution in [3.63, 3.8) is 0 Å². The second-order valence-electron chi connectivity index (χ2n) is 4.19. The number of imidazole rings is 1. The Labute approximate surface area is 107 Å². The first-order valence-electron chi connectivity index (χ1n) is 5.70. The highest BCUT2D eigenvalue weighted by molar-refractivity contribution is 5.94. The molecule has 3 aromatic rings. The number of carboxylic acid groups (broad SMARTS) is 1. The van der Waals surface area contributed by atoms with Crippen molar-refractivity contribution in [3.05, 3.63) is 58.5 Å². The molecule has 0 aliphatic rings. The van der Waals surface area contributed by atoms with E-state index < -0.39 is 5.97 Å². The van der Waals surface area contributed by atoms with Crippen LogP contribution in [-0.4, -0.2) is 21.0 Å². The molecule has 0 radical (unpaired) electrons. The molecule has 0 saturated heterocycles. The van der Waals surface area contributed by atoms with Crippen LogP contribution in [0.4, 0.5) is 0 Å². The van der Waals surface area contributed by atoms with Gasteiger partial charge < -0.3 is 15.1 Å². The second-order valence-corrected chi connectivity index (χ2v) is 4.19. The smallest absolute Gasteiger partial charge is 0.335 e. The minimum Gasteiger partial charge on any atom is -0.478 e. The summed E-state index contributed by atoms with van der Waals surface area (Å²) in [6.07, 6.45) is 0. The van der Waals surface area contributed by atoms with E-state index in [1.165, 1.54) is 6.07 Å². The summed E-state index contributed by atoms with van der Waals surface area (Å²) in [5.74, 6) is -0.975. The Morgan fingerprint density at radius 2 is 1.84 bits per heavy atom. The van der Waals surface area contributed by atoms with Crippen molar-refractivity contribution in [1.82, 2.24) is 9.97 Å². The van der Waals surface area contributed by atoms with Gasteiger partial charge in [-0.05, 0) is 23.8 Å². The number of hydrogen-bond acceptors (Lipinski definition) is 2. The molecule has 0 amide bonds. The van der Waals surface area contributed by atoms with Crippen molar-refractivity contribution in [2.45, 2.75) is 0 Å². The summed E-state index contributed by atoms with van der Waals surface area (Å²) >= 11 is 0. The number of fused-ring (bicyclic) bond motifs is 1. The quantitative estimate of drug-likeness (QED) is 0.655. The Balaban J connectivity index is 2.27. The number of nitrogens with one attached hydrogen (secondary N) is 2. The molecule has 94 valence electrons. The van der Waals surface area contributed by atoms with Crippen LogP contribution in [0.2, 0.25) is 0 Å². The van der Waals surface area contributed by atoms with Crippen LogP contribution in [0.25, 0.3) is 22.2 Å². The number of benzene rings is 2. The molecule has 5 heteroatoms. The summed E-state index contributed by atoms with van der Waals surface area (Å²) < 4.78 is 0. The molecular weight excluding hydrogens is 244 g/mol. The molecule has 2 aromatic carbocycles. The van der Waals surface area contributed by atoms with Crippen LogP contribution in [0.1, 0.15) is 10.4 Å². The summed E-state index contributed by atoms with van der Waals surface area (Å²) in [6, 6.07) is 12.1. The molecule has 19 heavy (non-hydrogen) atoms. The third kappa shape index (κ3) is 1.91. The largest absolute Gasteiger partial charge is 0.478 e. The van der Waals surface area contributed by atoms with Crippen LogP contribution < -0.4 is 5.69 Å². The van der Waals surface area contributed by atoms with Gasteiger partial charge in [0.05, 0.1) is 16.6 Å². The third-order valence-corrected chi connectivity index (χ3v) is 2.97. The average molecular weight is 254 g/mol. The van der Waals surface area contributed by atoms with Gasteiger partial charge in [-0.2, -0.15) is 0 Å². The fourth-order valence-corrected chi connectivity index (χ4v) is 2.12. The predicted octanol–water partition coefficient (Wildman–Crippen LogP) is 2.22. The molecule has 0 aliphatic carbocycles. The number of aromatic amines is 2. The van der Waals surface area contributed by atoms with E-state index in [1.807, 2.05) is 18.2 Å².